The summed E-state index contributed by atoms with van der Waals surface area (Å²) in [6.45, 7) is 2.56. The Morgan fingerprint density at radius 2 is 2.06 bits per heavy atom. The summed E-state index contributed by atoms with van der Waals surface area (Å²) >= 11 is 0. The monoisotopic (exact) mass is 427 g/mol. The quantitative estimate of drug-likeness (QED) is 0.575. The molecule has 1 aromatic carbocycles. The van der Waals surface area contributed by atoms with Crippen molar-refractivity contribution < 1.29 is 18.3 Å². The van der Waals surface area contributed by atoms with Crippen LogP contribution >= 0.6 is 0 Å². The van der Waals surface area contributed by atoms with Gasteiger partial charge in [-0.3, -0.25) is 9.89 Å². The first-order valence-corrected chi connectivity index (χ1v) is 9.95. The fourth-order valence-corrected chi connectivity index (χ4v) is 3.90. The Kier molecular flexibility index (Phi) is 5.02. The number of halogens is 2. The van der Waals surface area contributed by atoms with E-state index in [-0.39, 0.29) is 34.6 Å². The summed E-state index contributed by atoms with van der Waals surface area (Å²) < 4.78 is 33.8. The van der Waals surface area contributed by atoms with Crippen LogP contribution in [0.3, 0.4) is 0 Å². The Bertz CT molecular complexity index is 1100. The van der Waals surface area contributed by atoms with E-state index < -0.39 is 11.8 Å². The van der Waals surface area contributed by atoms with Gasteiger partial charge in [-0.05, 0) is 36.5 Å². The molecule has 31 heavy (non-hydrogen) atoms. The van der Waals surface area contributed by atoms with Gasteiger partial charge in [0.2, 0.25) is 11.9 Å². The summed E-state index contributed by atoms with van der Waals surface area (Å²) in [7, 11) is 0. The van der Waals surface area contributed by atoms with E-state index in [9.17, 15) is 13.6 Å². The SMILES string of the molecule is O=COc1cc(-c2cn[nH]c2F)cc(F)c1-c1cnc(N2CCNC(C3CC3)C2)nn1. The molecule has 2 aliphatic rings. The number of carbonyl (C=O) groups is 1. The smallest absolute Gasteiger partial charge is 0.298 e. The molecule has 160 valence electrons. The number of anilines is 1. The third-order valence-corrected chi connectivity index (χ3v) is 5.62. The van der Waals surface area contributed by atoms with Crippen molar-refractivity contribution in [2.24, 2.45) is 5.92 Å². The number of piperazine rings is 1. The number of nitrogens with zero attached hydrogens (tertiary/aromatic N) is 5. The van der Waals surface area contributed by atoms with Crippen LogP contribution in [-0.2, 0) is 4.79 Å². The van der Waals surface area contributed by atoms with E-state index in [1.165, 1.54) is 31.3 Å². The lowest BCUT2D eigenvalue weighted by molar-refractivity contribution is -0.120. The molecule has 1 saturated carbocycles. The Hall–Kier alpha value is -3.47. The first-order chi connectivity index (χ1) is 15.1. The van der Waals surface area contributed by atoms with Gasteiger partial charge in [0.1, 0.15) is 17.3 Å². The second-order valence-corrected chi connectivity index (χ2v) is 7.63. The molecule has 2 fully saturated rings. The molecular weight excluding hydrogens is 408 g/mol. The lowest BCUT2D eigenvalue weighted by Crippen LogP contribution is -2.52. The van der Waals surface area contributed by atoms with Crippen LogP contribution < -0.4 is 15.0 Å². The molecule has 0 radical (unpaired) electrons. The lowest BCUT2D eigenvalue weighted by atomic mass is 10.0. The molecule has 2 N–H and O–H groups in total. The number of hydrogen-bond acceptors (Lipinski definition) is 8. The molecule has 3 heterocycles. The summed E-state index contributed by atoms with van der Waals surface area (Å²) in [5.41, 5.74) is 0.229. The highest BCUT2D eigenvalue weighted by Crippen LogP contribution is 2.37. The number of rotatable bonds is 6. The lowest BCUT2D eigenvalue weighted by Gasteiger charge is -2.33. The van der Waals surface area contributed by atoms with Crippen LogP contribution in [0.15, 0.2) is 24.5 Å². The van der Waals surface area contributed by atoms with E-state index in [1.54, 1.807) is 0 Å². The van der Waals surface area contributed by atoms with E-state index >= 15 is 0 Å². The molecule has 3 aromatic rings. The minimum absolute atomic E-state index is 0.0460. The zero-order valence-corrected chi connectivity index (χ0v) is 16.4. The topological polar surface area (TPSA) is 109 Å². The maximum absolute atomic E-state index is 15.0. The second kappa shape index (κ2) is 7.99. The number of benzene rings is 1. The highest BCUT2D eigenvalue weighted by molar-refractivity contribution is 5.76. The van der Waals surface area contributed by atoms with Gasteiger partial charge in [0.05, 0.1) is 23.5 Å². The van der Waals surface area contributed by atoms with Gasteiger partial charge in [0, 0.05) is 25.7 Å². The summed E-state index contributed by atoms with van der Waals surface area (Å²) in [5.74, 6) is -0.437. The van der Waals surface area contributed by atoms with Crippen molar-refractivity contribution in [1.82, 2.24) is 30.7 Å². The van der Waals surface area contributed by atoms with Gasteiger partial charge < -0.3 is 15.0 Å². The Morgan fingerprint density at radius 1 is 1.19 bits per heavy atom. The molecule has 0 bridgehead atoms. The van der Waals surface area contributed by atoms with Crippen molar-refractivity contribution in [1.29, 1.82) is 0 Å². The summed E-state index contributed by atoms with van der Waals surface area (Å²) in [6.07, 6.45) is 5.08. The fourth-order valence-electron chi connectivity index (χ4n) is 3.90. The molecule has 0 spiro atoms. The standard InChI is InChI=1S/C20H19F2N7O2/c21-14-5-12(13-7-25-27-19(13)22)6-17(31-10-30)18(14)15-8-24-20(28-26-15)29-4-3-23-16(9-29)11-1-2-11/h5-8,10-11,16,23H,1-4,9H2,(H,25,27). The van der Waals surface area contributed by atoms with Crippen LogP contribution in [0.1, 0.15) is 12.8 Å². The third kappa shape index (κ3) is 3.83. The largest absolute Gasteiger partial charge is 0.428 e. The predicted octanol–water partition coefficient (Wildman–Crippen LogP) is 1.93. The van der Waals surface area contributed by atoms with Gasteiger partial charge in [-0.15, -0.1) is 10.2 Å². The minimum Gasteiger partial charge on any atom is -0.428 e. The molecule has 0 amide bonds. The van der Waals surface area contributed by atoms with Gasteiger partial charge in [-0.25, -0.2) is 9.37 Å². The van der Waals surface area contributed by atoms with E-state index in [2.05, 4.69) is 35.6 Å². The van der Waals surface area contributed by atoms with Gasteiger partial charge in [0.25, 0.3) is 6.47 Å². The number of aromatic nitrogens is 5. The summed E-state index contributed by atoms with van der Waals surface area (Å²) in [5, 5.41) is 17.5. The highest BCUT2D eigenvalue weighted by atomic mass is 19.1. The van der Waals surface area contributed by atoms with Gasteiger partial charge in [-0.1, -0.05) is 0 Å². The molecule has 1 saturated heterocycles. The average Bonchev–Trinajstić information content (AvgIpc) is 3.55. The second-order valence-electron chi connectivity index (χ2n) is 7.63. The van der Waals surface area contributed by atoms with Gasteiger partial charge >= 0.3 is 0 Å². The van der Waals surface area contributed by atoms with Gasteiger partial charge in [0.15, 0.2) is 0 Å². The number of nitrogens with one attached hydrogen (secondary N) is 2. The number of hydrogen-bond donors (Lipinski definition) is 2. The summed E-state index contributed by atoms with van der Waals surface area (Å²) in [6, 6.07) is 2.87. The molecule has 1 atom stereocenters. The van der Waals surface area contributed by atoms with Crippen LogP contribution in [0.5, 0.6) is 5.75 Å². The molecule has 9 nitrogen and oxygen atoms in total. The summed E-state index contributed by atoms with van der Waals surface area (Å²) in [4.78, 5) is 17.4. The highest BCUT2D eigenvalue weighted by Gasteiger charge is 2.34. The van der Waals surface area contributed by atoms with Crippen molar-refractivity contribution >= 4 is 12.4 Å². The van der Waals surface area contributed by atoms with Crippen molar-refractivity contribution in [2.45, 2.75) is 18.9 Å². The molecule has 1 aliphatic heterocycles. The zero-order chi connectivity index (χ0) is 21.4. The predicted molar refractivity (Wildman–Crippen MR) is 106 cm³/mol. The van der Waals surface area contributed by atoms with E-state index in [1.807, 2.05) is 0 Å². The van der Waals surface area contributed by atoms with Crippen molar-refractivity contribution in [3.63, 3.8) is 0 Å². The molecular formula is C20H19F2N7O2. The van der Waals surface area contributed by atoms with E-state index in [4.69, 9.17) is 4.74 Å². The Balaban J connectivity index is 1.45. The average molecular weight is 427 g/mol. The minimum atomic E-state index is -0.755. The number of carbonyl (C=O) groups excluding carboxylic acids is 1. The molecule has 11 heteroatoms. The first kappa shape index (κ1) is 19.5. The Labute approximate surface area is 175 Å². The van der Waals surface area contributed by atoms with Crippen molar-refractivity contribution in [3.05, 3.63) is 36.3 Å². The van der Waals surface area contributed by atoms with E-state index in [0.717, 1.165) is 25.7 Å². The van der Waals surface area contributed by atoms with Gasteiger partial charge in [-0.2, -0.15) is 9.49 Å². The third-order valence-electron chi connectivity index (χ3n) is 5.62. The van der Waals surface area contributed by atoms with Crippen LogP contribution in [0.4, 0.5) is 14.7 Å². The van der Waals surface area contributed by atoms with Crippen molar-refractivity contribution in [3.8, 4) is 28.1 Å². The maximum atomic E-state index is 15.0. The maximum Gasteiger partial charge on any atom is 0.298 e. The Morgan fingerprint density at radius 3 is 2.74 bits per heavy atom. The van der Waals surface area contributed by atoms with Crippen LogP contribution in [0, 0.1) is 17.7 Å². The molecule has 2 aromatic heterocycles. The van der Waals surface area contributed by atoms with Crippen LogP contribution in [0.2, 0.25) is 0 Å². The number of ether oxygens (including phenoxy) is 1. The first-order valence-electron chi connectivity index (χ1n) is 9.95. The number of H-pyrrole nitrogens is 1. The zero-order valence-electron chi connectivity index (χ0n) is 16.4. The molecule has 1 aliphatic carbocycles. The molecule has 5 rings (SSSR count). The van der Waals surface area contributed by atoms with E-state index in [0.29, 0.717) is 17.9 Å². The normalized spacial score (nSPS) is 18.8. The molecule has 1 unspecified atom stereocenters. The van der Waals surface area contributed by atoms with Crippen LogP contribution in [-0.4, -0.2) is 57.5 Å². The van der Waals surface area contributed by atoms with Crippen molar-refractivity contribution in [2.75, 3.05) is 24.5 Å². The number of aromatic amines is 1. The van der Waals surface area contributed by atoms with Crippen LogP contribution in [0.25, 0.3) is 22.4 Å². The fraction of sp³-hybridized carbons (Fsp3) is 0.350.